The molecule has 0 saturated carbocycles. The van der Waals surface area contributed by atoms with Crippen molar-refractivity contribution in [2.24, 2.45) is 0 Å². The highest BCUT2D eigenvalue weighted by atomic mass is 31.2. The van der Waals surface area contributed by atoms with Crippen LogP contribution in [0.2, 0.25) is 0 Å². The predicted octanol–water partition coefficient (Wildman–Crippen LogP) is 2.71. The molecule has 4 nitrogen and oxygen atoms in total. The fourth-order valence-electron chi connectivity index (χ4n) is 2.67. The molecule has 0 aromatic heterocycles. The highest BCUT2D eigenvalue weighted by Gasteiger charge is 2.38. The Morgan fingerprint density at radius 2 is 1.19 bits per heavy atom. The first-order valence-electron chi connectivity index (χ1n) is 6.44. The Morgan fingerprint density at radius 3 is 1.50 bits per heavy atom. The van der Waals surface area contributed by atoms with E-state index in [-0.39, 0.29) is 0 Å². The average molecular weight is 246 g/mol. The van der Waals surface area contributed by atoms with E-state index in [9.17, 15) is 4.57 Å². The summed E-state index contributed by atoms with van der Waals surface area (Å²) in [6, 6.07) is 0. The van der Waals surface area contributed by atoms with E-state index in [4.69, 9.17) is 4.52 Å². The third-order valence-corrected chi connectivity index (χ3v) is 6.32. The Bertz CT molecular complexity index is 239. The lowest BCUT2D eigenvalue weighted by molar-refractivity contribution is 0.206. The molecule has 2 saturated heterocycles. The number of piperidine rings is 2. The second-order valence-corrected chi connectivity index (χ2v) is 7.18. The lowest BCUT2D eigenvalue weighted by atomic mass is 10.2. The van der Waals surface area contributed by atoms with Crippen LogP contribution in [0.5, 0.6) is 0 Å². The van der Waals surface area contributed by atoms with Gasteiger partial charge in [0, 0.05) is 33.3 Å². The van der Waals surface area contributed by atoms with Crippen molar-refractivity contribution in [3.8, 4) is 0 Å². The van der Waals surface area contributed by atoms with Crippen LogP contribution in [-0.2, 0) is 9.09 Å². The van der Waals surface area contributed by atoms with Gasteiger partial charge in [0.2, 0.25) is 0 Å². The zero-order valence-electron chi connectivity index (χ0n) is 10.2. The molecule has 0 aliphatic carbocycles. The van der Waals surface area contributed by atoms with Gasteiger partial charge in [-0.25, -0.2) is 9.34 Å². The molecule has 2 rings (SSSR count). The van der Waals surface area contributed by atoms with Crippen molar-refractivity contribution in [2.75, 3.05) is 33.3 Å². The molecule has 0 atom stereocenters. The standard InChI is InChI=1S/C11H23N2O2P/c1-15-16(14,12-8-4-2-5-9-12)13-10-6-3-7-11-13/h2-11H2,1H3. The van der Waals surface area contributed by atoms with E-state index in [1.54, 1.807) is 7.11 Å². The van der Waals surface area contributed by atoms with Crippen LogP contribution in [-0.4, -0.2) is 42.6 Å². The summed E-state index contributed by atoms with van der Waals surface area (Å²) in [5.41, 5.74) is 0. The normalized spacial score (nSPS) is 25.8. The van der Waals surface area contributed by atoms with Gasteiger partial charge in [0.15, 0.2) is 0 Å². The Labute approximate surface area is 98.5 Å². The van der Waals surface area contributed by atoms with E-state index in [0.29, 0.717) is 0 Å². The van der Waals surface area contributed by atoms with Gasteiger partial charge >= 0.3 is 7.67 Å². The maximum absolute atomic E-state index is 12.9. The summed E-state index contributed by atoms with van der Waals surface area (Å²) in [6.45, 7) is 3.73. The molecule has 0 amide bonds. The monoisotopic (exact) mass is 246 g/mol. The Balaban J connectivity index is 2.06. The van der Waals surface area contributed by atoms with Crippen LogP contribution >= 0.6 is 7.67 Å². The van der Waals surface area contributed by atoms with Crippen LogP contribution in [0, 0.1) is 0 Å². The second kappa shape index (κ2) is 5.63. The Morgan fingerprint density at radius 1 is 0.812 bits per heavy atom. The maximum Gasteiger partial charge on any atom is 0.345 e. The van der Waals surface area contributed by atoms with E-state index in [2.05, 4.69) is 9.34 Å². The summed E-state index contributed by atoms with van der Waals surface area (Å²) in [5.74, 6) is 0. The van der Waals surface area contributed by atoms with Gasteiger partial charge < -0.3 is 4.52 Å². The van der Waals surface area contributed by atoms with Crippen LogP contribution < -0.4 is 0 Å². The number of rotatable bonds is 3. The van der Waals surface area contributed by atoms with Crippen molar-refractivity contribution >= 4 is 7.67 Å². The molecule has 0 bridgehead atoms. The molecule has 0 radical (unpaired) electrons. The molecule has 2 fully saturated rings. The zero-order chi connectivity index (χ0) is 11.4. The molecule has 94 valence electrons. The molecule has 2 aliphatic rings. The average Bonchev–Trinajstić information content (AvgIpc) is 2.40. The minimum absolute atomic E-state index is 0.932. The first kappa shape index (κ1) is 12.6. The van der Waals surface area contributed by atoms with Crippen molar-refractivity contribution in [2.45, 2.75) is 38.5 Å². The number of hydrogen-bond donors (Lipinski definition) is 0. The van der Waals surface area contributed by atoms with Gasteiger partial charge in [0.05, 0.1) is 0 Å². The summed E-state index contributed by atoms with van der Waals surface area (Å²) in [7, 11) is -1.08. The Kier molecular flexibility index (Phi) is 4.42. The van der Waals surface area contributed by atoms with Crippen LogP contribution in [0.15, 0.2) is 0 Å². The van der Waals surface area contributed by atoms with Crippen LogP contribution in [0.3, 0.4) is 0 Å². The summed E-state index contributed by atoms with van der Waals surface area (Å²) >= 11 is 0. The van der Waals surface area contributed by atoms with Gasteiger partial charge in [0.1, 0.15) is 0 Å². The topological polar surface area (TPSA) is 32.8 Å². The molecule has 0 aromatic carbocycles. The minimum atomic E-state index is -2.68. The van der Waals surface area contributed by atoms with Crippen LogP contribution in [0.4, 0.5) is 0 Å². The quantitative estimate of drug-likeness (QED) is 0.717. The summed E-state index contributed by atoms with van der Waals surface area (Å²) < 4.78 is 22.5. The van der Waals surface area contributed by atoms with E-state index in [1.807, 2.05) is 0 Å². The molecule has 0 unspecified atom stereocenters. The third kappa shape index (κ3) is 2.51. The van der Waals surface area contributed by atoms with Crippen molar-refractivity contribution in [1.29, 1.82) is 0 Å². The van der Waals surface area contributed by atoms with Crippen molar-refractivity contribution in [3.63, 3.8) is 0 Å². The summed E-state index contributed by atoms with van der Waals surface area (Å²) in [5, 5.41) is 0. The van der Waals surface area contributed by atoms with Crippen molar-refractivity contribution in [1.82, 2.24) is 9.34 Å². The third-order valence-electron chi connectivity index (χ3n) is 3.62. The van der Waals surface area contributed by atoms with Crippen LogP contribution in [0.1, 0.15) is 38.5 Å². The molecule has 0 N–H and O–H groups in total. The zero-order valence-corrected chi connectivity index (χ0v) is 11.1. The first-order chi connectivity index (χ1) is 7.77. The lowest BCUT2D eigenvalue weighted by Gasteiger charge is -2.40. The highest BCUT2D eigenvalue weighted by Crippen LogP contribution is 2.55. The van der Waals surface area contributed by atoms with Gasteiger partial charge in [0.25, 0.3) is 0 Å². The van der Waals surface area contributed by atoms with Gasteiger partial charge in [-0.1, -0.05) is 12.8 Å². The van der Waals surface area contributed by atoms with Crippen molar-refractivity contribution < 1.29 is 9.09 Å². The lowest BCUT2D eigenvalue weighted by Crippen LogP contribution is -2.38. The smallest absolute Gasteiger partial charge is 0.309 e. The highest BCUT2D eigenvalue weighted by molar-refractivity contribution is 7.53. The summed E-state index contributed by atoms with van der Waals surface area (Å²) in [6.07, 6.45) is 7.14. The van der Waals surface area contributed by atoms with E-state index < -0.39 is 7.67 Å². The van der Waals surface area contributed by atoms with E-state index in [1.165, 1.54) is 12.8 Å². The van der Waals surface area contributed by atoms with E-state index in [0.717, 1.165) is 51.9 Å². The fourth-order valence-corrected chi connectivity index (χ4v) is 5.07. The molecular formula is C11H23N2O2P. The number of hydrogen-bond acceptors (Lipinski definition) is 2. The van der Waals surface area contributed by atoms with Gasteiger partial charge in [-0.05, 0) is 25.7 Å². The molecule has 16 heavy (non-hydrogen) atoms. The largest absolute Gasteiger partial charge is 0.345 e. The molecule has 2 aliphatic heterocycles. The SMILES string of the molecule is COP(=O)(N1CCCCC1)N1CCCCC1. The maximum atomic E-state index is 12.9. The first-order valence-corrected chi connectivity index (χ1v) is 7.97. The minimum Gasteiger partial charge on any atom is -0.309 e. The van der Waals surface area contributed by atoms with Gasteiger partial charge in [-0.15, -0.1) is 0 Å². The second-order valence-electron chi connectivity index (χ2n) is 4.70. The molecule has 5 heteroatoms. The Hall–Kier alpha value is 0.110. The predicted molar refractivity (Wildman–Crippen MR) is 65.5 cm³/mol. The van der Waals surface area contributed by atoms with E-state index >= 15 is 0 Å². The molecule has 0 aromatic rings. The van der Waals surface area contributed by atoms with Gasteiger partial charge in [-0.2, -0.15) is 0 Å². The van der Waals surface area contributed by atoms with Crippen molar-refractivity contribution in [3.05, 3.63) is 0 Å². The number of nitrogens with zero attached hydrogens (tertiary/aromatic N) is 2. The molecule has 2 heterocycles. The van der Waals surface area contributed by atoms with Gasteiger partial charge in [-0.3, -0.25) is 4.57 Å². The fraction of sp³-hybridized carbons (Fsp3) is 1.00. The van der Waals surface area contributed by atoms with Crippen LogP contribution in [0.25, 0.3) is 0 Å². The summed E-state index contributed by atoms with van der Waals surface area (Å²) in [4.78, 5) is 0. The molecular weight excluding hydrogens is 223 g/mol. The molecule has 0 spiro atoms.